The van der Waals surface area contributed by atoms with E-state index in [0.717, 1.165) is 22.3 Å². The Morgan fingerprint density at radius 2 is 1.93 bits per heavy atom. The highest BCUT2D eigenvalue weighted by Gasteiger charge is 2.14. The predicted octanol–water partition coefficient (Wildman–Crippen LogP) is 2.90. The quantitative estimate of drug-likeness (QED) is 0.731. The fourth-order valence-corrected chi connectivity index (χ4v) is 3.06. The molecule has 3 rings (SSSR count). The summed E-state index contributed by atoms with van der Waals surface area (Å²) in [6.45, 7) is 5.93. The lowest BCUT2D eigenvalue weighted by Crippen LogP contribution is -2.36. The Morgan fingerprint density at radius 1 is 1.15 bits per heavy atom. The van der Waals surface area contributed by atoms with Crippen LogP contribution in [0.1, 0.15) is 34.8 Å². The van der Waals surface area contributed by atoms with Crippen LogP contribution in [0.4, 0.5) is 0 Å². The number of carbonyl (C=O) groups excluding carboxylic acids is 2. The molecule has 0 aliphatic rings. The van der Waals surface area contributed by atoms with Gasteiger partial charge in [0.1, 0.15) is 6.33 Å². The van der Waals surface area contributed by atoms with Gasteiger partial charge in [-0.1, -0.05) is 12.1 Å². The van der Waals surface area contributed by atoms with Crippen molar-refractivity contribution in [2.24, 2.45) is 0 Å². The number of benzene rings is 2. The number of fused-ring (bicyclic) bond motifs is 1. The third-order valence-electron chi connectivity index (χ3n) is 4.58. The summed E-state index contributed by atoms with van der Waals surface area (Å²) in [5.74, 6) is -0.319. The summed E-state index contributed by atoms with van der Waals surface area (Å²) < 4.78 is 2.04. The first-order valence-electron chi connectivity index (χ1n) is 8.95. The van der Waals surface area contributed by atoms with Gasteiger partial charge in [-0.25, -0.2) is 4.98 Å². The highest BCUT2D eigenvalue weighted by Crippen LogP contribution is 2.23. The van der Waals surface area contributed by atoms with Crippen LogP contribution in [0.25, 0.3) is 16.7 Å². The molecule has 6 nitrogen and oxygen atoms in total. The summed E-state index contributed by atoms with van der Waals surface area (Å²) in [4.78, 5) is 28.4. The van der Waals surface area contributed by atoms with Gasteiger partial charge in [0.2, 0.25) is 5.91 Å². The monoisotopic (exact) mass is 364 g/mol. The van der Waals surface area contributed by atoms with Crippen molar-refractivity contribution < 1.29 is 9.59 Å². The van der Waals surface area contributed by atoms with Gasteiger partial charge in [-0.15, -0.1) is 0 Å². The summed E-state index contributed by atoms with van der Waals surface area (Å²) in [7, 11) is 1.58. The number of carbonyl (C=O) groups is 2. The summed E-state index contributed by atoms with van der Waals surface area (Å²) in [6, 6.07) is 11.5. The van der Waals surface area contributed by atoms with Crippen molar-refractivity contribution in [3.63, 3.8) is 0 Å². The third-order valence-corrected chi connectivity index (χ3v) is 4.58. The fourth-order valence-electron chi connectivity index (χ4n) is 3.06. The van der Waals surface area contributed by atoms with Crippen LogP contribution in [0.3, 0.4) is 0 Å². The number of hydrogen-bond donors (Lipinski definition) is 2. The van der Waals surface area contributed by atoms with E-state index < -0.39 is 0 Å². The molecule has 2 aromatic carbocycles. The number of aryl methyl sites for hydroxylation is 2. The lowest BCUT2D eigenvalue weighted by Gasteiger charge is -2.13. The molecule has 0 bridgehead atoms. The third kappa shape index (κ3) is 4.00. The molecular formula is C21H24N4O2. The largest absolute Gasteiger partial charge is 0.359 e. The molecule has 3 aromatic rings. The van der Waals surface area contributed by atoms with E-state index in [1.807, 2.05) is 10.6 Å². The van der Waals surface area contributed by atoms with Gasteiger partial charge in [0, 0.05) is 25.1 Å². The van der Waals surface area contributed by atoms with E-state index in [1.165, 1.54) is 5.56 Å². The first-order chi connectivity index (χ1) is 12.9. The van der Waals surface area contributed by atoms with Gasteiger partial charge in [0.25, 0.3) is 5.91 Å². The average molecular weight is 364 g/mol. The van der Waals surface area contributed by atoms with Gasteiger partial charge in [0.05, 0.1) is 16.7 Å². The van der Waals surface area contributed by atoms with Crippen LogP contribution in [0, 0.1) is 13.8 Å². The van der Waals surface area contributed by atoms with Crippen LogP contribution in [0.15, 0.2) is 42.7 Å². The van der Waals surface area contributed by atoms with Crippen molar-refractivity contribution >= 4 is 22.8 Å². The van der Waals surface area contributed by atoms with Crippen molar-refractivity contribution in [1.29, 1.82) is 0 Å². The number of rotatable bonds is 5. The number of nitrogens with zero attached hydrogens (tertiary/aromatic N) is 2. The standard InChI is InChI=1S/C21H24N4O2/c1-13-5-6-14(2)19(9-13)25-12-23-17-11-16(7-8-18(17)25)21(27)24-15(3)10-20(26)22-4/h5-9,11-12,15H,10H2,1-4H3,(H,22,26)(H,24,27). The molecule has 1 aromatic heterocycles. The Labute approximate surface area is 158 Å². The molecule has 0 saturated carbocycles. The lowest BCUT2D eigenvalue weighted by molar-refractivity contribution is -0.120. The molecule has 0 saturated heterocycles. The van der Waals surface area contributed by atoms with Crippen LogP contribution in [0.5, 0.6) is 0 Å². The van der Waals surface area contributed by atoms with Gasteiger partial charge in [-0.2, -0.15) is 0 Å². The maximum absolute atomic E-state index is 12.5. The Kier molecular flexibility index (Phi) is 5.26. The molecule has 27 heavy (non-hydrogen) atoms. The van der Waals surface area contributed by atoms with E-state index in [2.05, 4.69) is 47.7 Å². The molecule has 0 aliphatic carbocycles. The smallest absolute Gasteiger partial charge is 0.251 e. The van der Waals surface area contributed by atoms with E-state index >= 15 is 0 Å². The molecule has 140 valence electrons. The molecule has 2 N–H and O–H groups in total. The first kappa shape index (κ1) is 18.6. The number of hydrogen-bond acceptors (Lipinski definition) is 3. The van der Waals surface area contributed by atoms with Gasteiger partial charge >= 0.3 is 0 Å². The van der Waals surface area contributed by atoms with Gasteiger partial charge in [-0.05, 0) is 56.2 Å². The van der Waals surface area contributed by atoms with Crippen molar-refractivity contribution in [2.75, 3.05) is 7.05 Å². The summed E-state index contributed by atoms with van der Waals surface area (Å²) >= 11 is 0. The molecule has 1 atom stereocenters. The van der Waals surface area contributed by atoms with Crippen LogP contribution in [-0.2, 0) is 4.79 Å². The van der Waals surface area contributed by atoms with Crippen molar-refractivity contribution in [3.05, 3.63) is 59.4 Å². The van der Waals surface area contributed by atoms with E-state index in [0.29, 0.717) is 5.56 Å². The Bertz CT molecular complexity index is 1010. The Morgan fingerprint density at radius 3 is 2.67 bits per heavy atom. The maximum atomic E-state index is 12.5. The highest BCUT2D eigenvalue weighted by atomic mass is 16.2. The van der Waals surface area contributed by atoms with Crippen molar-refractivity contribution in [3.8, 4) is 5.69 Å². The van der Waals surface area contributed by atoms with E-state index in [1.54, 1.807) is 32.4 Å². The first-order valence-corrected chi connectivity index (χ1v) is 8.95. The molecule has 0 aliphatic heterocycles. The Balaban J connectivity index is 1.86. The molecule has 0 spiro atoms. The van der Waals surface area contributed by atoms with Gasteiger partial charge in [0.15, 0.2) is 0 Å². The SMILES string of the molecule is CNC(=O)CC(C)NC(=O)c1ccc2c(c1)ncn2-c1cc(C)ccc1C. The van der Waals surface area contributed by atoms with Gasteiger partial charge in [-0.3, -0.25) is 14.2 Å². The Hall–Kier alpha value is -3.15. The second kappa shape index (κ2) is 7.61. The molecule has 0 radical (unpaired) electrons. The topological polar surface area (TPSA) is 76.0 Å². The minimum atomic E-state index is -0.249. The van der Waals surface area contributed by atoms with Crippen LogP contribution in [-0.4, -0.2) is 34.5 Å². The molecule has 0 fully saturated rings. The second-order valence-corrected chi connectivity index (χ2v) is 6.86. The van der Waals surface area contributed by atoms with Crippen LogP contribution >= 0.6 is 0 Å². The average Bonchev–Trinajstić information content (AvgIpc) is 3.06. The minimum absolute atomic E-state index is 0.106. The highest BCUT2D eigenvalue weighted by molar-refractivity contribution is 5.98. The number of aromatic nitrogens is 2. The summed E-state index contributed by atoms with van der Waals surface area (Å²) in [6.07, 6.45) is 2.02. The van der Waals surface area contributed by atoms with E-state index in [-0.39, 0.29) is 24.3 Å². The number of nitrogens with one attached hydrogen (secondary N) is 2. The van der Waals surface area contributed by atoms with Gasteiger partial charge < -0.3 is 10.6 Å². The second-order valence-electron chi connectivity index (χ2n) is 6.86. The molecule has 6 heteroatoms. The summed E-state index contributed by atoms with van der Waals surface area (Å²) in [5.41, 5.74) is 5.64. The normalized spacial score (nSPS) is 12.0. The molecule has 1 heterocycles. The zero-order valence-electron chi connectivity index (χ0n) is 16.0. The molecule has 1 unspecified atom stereocenters. The molecular weight excluding hydrogens is 340 g/mol. The molecule has 2 amide bonds. The predicted molar refractivity (Wildman–Crippen MR) is 106 cm³/mol. The summed E-state index contributed by atoms with van der Waals surface area (Å²) in [5, 5.41) is 5.40. The van der Waals surface area contributed by atoms with Crippen molar-refractivity contribution in [2.45, 2.75) is 33.2 Å². The van der Waals surface area contributed by atoms with Crippen molar-refractivity contribution in [1.82, 2.24) is 20.2 Å². The number of imidazole rings is 1. The van der Waals surface area contributed by atoms with E-state index in [9.17, 15) is 9.59 Å². The fraction of sp³-hybridized carbons (Fsp3) is 0.286. The van der Waals surface area contributed by atoms with E-state index in [4.69, 9.17) is 0 Å². The van der Waals surface area contributed by atoms with Crippen LogP contribution < -0.4 is 10.6 Å². The maximum Gasteiger partial charge on any atom is 0.251 e. The minimum Gasteiger partial charge on any atom is -0.359 e. The zero-order chi connectivity index (χ0) is 19.6. The van der Waals surface area contributed by atoms with Crippen LogP contribution in [0.2, 0.25) is 0 Å². The number of amides is 2. The zero-order valence-corrected chi connectivity index (χ0v) is 16.0. The lowest BCUT2D eigenvalue weighted by atomic mass is 10.1.